The highest BCUT2D eigenvalue weighted by molar-refractivity contribution is 7.17. The number of aromatic nitrogens is 2. The van der Waals surface area contributed by atoms with Gasteiger partial charge >= 0.3 is 0 Å². The third-order valence-electron chi connectivity index (χ3n) is 5.59. The number of H-pyrrole nitrogens is 1. The predicted molar refractivity (Wildman–Crippen MR) is 121 cm³/mol. The Morgan fingerprint density at radius 3 is 2.80 bits per heavy atom. The Kier molecular flexibility index (Phi) is 5.01. The second-order valence-electron chi connectivity index (χ2n) is 7.55. The molecule has 2 N–H and O–H groups in total. The number of carbonyl (C=O) groups excluding carboxylic acids is 1. The molecule has 2 aromatic heterocycles. The van der Waals surface area contributed by atoms with Crippen LogP contribution in [-0.2, 0) is 24.1 Å². The Hall–Kier alpha value is -3.12. The molecule has 0 saturated heterocycles. The monoisotopic (exact) mass is 417 g/mol. The van der Waals surface area contributed by atoms with E-state index in [1.807, 2.05) is 48.5 Å². The van der Waals surface area contributed by atoms with Gasteiger partial charge in [0.05, 0.1) is 30.1 Å². The zero-order valence-corrected chi connectivity index (χ0v) is 17.6. The standard InChI is InChI=1S/C24H23N3O2S/c1-29-19-12-6-2-8-15(19)14-21(28)27-24-22(16-9-3-7-13-20(16)30-24)23-25-17-10-4-5-11-18(17)26-23/h2,4-6,8,10-12H,3,7,9,13-14H2,1H3,(H,25,26)(H,27,28). The van der Waals surface area contributed by atoms with E-state index >= 15 is 0 Å². The summed E-state index contributed by atoms with van der Waals surface area (Å²) < 4.78 is 5.40. The number of carbonyl (C=O) groups is 1. The zero-order chi connectivity index (χ0) is 20.5. The van der Waals surface area contributed by atoms with E-state index in [-0.39, 0.29) is 12.3 Å². The molecule has 1 aliphatic rings. The van der Waals surface area contributed by atoms with Gasteiger partial charge in [0, 0.05) is 10.4 Å². The first-order valence-electron chi connectivity index (χ1n) is 10.2. The molecular formula is C24H23N3O2S. The van der Waals surface area contributed by atoms with Gasteiger partial charge in [-0.15, -0.1) is 11.3 Å². The van der Waals surface area contributed by atoms with Crippen LogP contribution in [0.1, 0.15) is 28.8 Å². The van der Waals surface area contributed by atoms with Gasteiger partial charge in [0.15, 0.2) is 0 Å². The fraction of sp³-hybridized carbons (Fsp3) is 0.250. The molecule has 152 valence electrons. The van der Waals surface area contributed by atoms with Crippen molar-refractivity contribution in [3.63, 3.8) is 0 Å². The number of anilines is 1. The van der Waals surface area contributed by atoms with Crippen LogP contribution >= 0.6 is 11.3 Å². The normalized spacial score (nSPS) is 13.2. The lowest BCUT2D eigenvalue weighted by Gasteiger charge is -2.12. The summed E-state index contributed by atoms with van der Waals surface area (Å²) in [6, 6.07) is 15.7. The highest BCUT2D eigenvalue weighted by Gasteiger charge is 2.25. The van der Waals surface area contributed by atoms with Crippen LogP contribution in [0.3, 0.4) is 0 Å². The molecule has 0 saturated carbocycles. The quantitative estimate of drug-likeness (QED) is 0.459. The van der Waals surface area contributed by atoms with Crippen LogP contribution in [0.15, 0.2) is 48.5 Å². The van der Waals surface area contributed by atoms with Crippen LogP contribution in [0.2, 0.25) is 0 Å². The molecular weight excluding hydrogens is 394 g/mol. The molecule has 6 heteroatoms. The fourth-order valence-corrected chi connectivity index (χ4v) is 5.48. The molecule has 0 spiro atoms. The van der Waals surface area contributed by atoms with Gasteiger partial charge in [0.25, 0.3) is 0 Å². The van der Waals surface area contributed by atoms with Crippen molar-refractivity contribution in [2.24, 2.45) is 0 Å². The Balaban J connectivity index is 1.50. The number of para-hydroxylation sites is 3. The van der Waals surface area contributed by atoms with Crippen LogP contribution in [0.5, 0.6) is 5.75 Å². The Labute approximate surface area is 179 Å². The summed E-state index contributed by atoms with van der Waals surface area (Å²) in [7, 11) is 1.63. The first-order chi connectivity index (χ1) is 14.7. The number of amides is 1. The third kappa shape index (κ3) is 3.48. The number of hydrogen-bond donors (Lipinski definition) is 2. The molecule has 1 amide bonds. The molecule has 30 heavy (non-hydrogen) atoms. The zero-order valence-electron chi connectivity index (χ0n) is 16.8. The largest absolute Gasteiger partial charge is 0.496 e. The molecule has 0 radical (unpaired) electrons. The van der Waals surface area contributed by atoms with E-state index < -0.39 is 0 Å². The van der Waals surface area contributed by atoms with E-state index in [0.29, 0.717) is 0 Å². The summed E-state index contributed by atoms with van der Waals surface area (Å²) in [4.78, 5) is 22.6. The van der Waals surface area contributed by atoms with Crippen molar-refractivity contribution in [2.75, 3.05) is 12.4 Å². The van der Waals surface area contributed by atoms with Crippen molar-refractivity contribution in [1.82, 2.24) is 9.97 Å². The number of aryl methyl sites for hydroxylation is 1. The van der Waals surface area contributed by atoms with Crippen LogP contribution in [0, 0.1) is 0 Å². The maximum atomic E-state index is 12.9. The number of nitrogens with one attached hydrogen (secondary N) is 2. The molecule has 2 aromatic carbocycles. The summed E-state index contributed by atoms with van der Waals surface area (Å²) in [5, 5.41) is 4.06. The minimum Gasteiger partial charge on any atom is -0.496 e. The molecule has 5 rings (SSSR count). The average Bonchev–Trinajstić information content (AvgIpc) is 3.34. The number of ether oxygens (including phenoxy) is 1. The summed E-state index contributed by atoms with van der Waals surface area (Å²) >= 11 is 1.69. The number of aromatic amines is 1. The highest BCUT2D eigenvalue weighted by Crippen LogP contribution is 2.43. The maximum Gasteiger partial charge on any atom is 0.229 e. The number of nitrogens with zero attached hydrogens (tertiary/aromatic N) is 1. The molecule has 0 bridgehead atoms. The van der Waals surface area contributed by atoms with Gasteiger partial charge in [0.1, 0.15) is 16.6 Å². The summed E-state index contributed by atoms with van der Waals surface area (Å²) in [5.74, 6) is 1.52. The molecule has 0 atom stereocenters. The van der Waals surface area contributed by atoms with Crippen molar-refractivity contribution in [1.29, 1.82) is 0 Å². The average molecular weight is 418 g/mol. The predicted octanol–water partition coefficient (Wildman–Crippen LogP) is 5.36. The number of imidazole rings is 1. The number of hydrogen-bond acceptors (Lipinski definition) is 4. The lowest BCUT2D eigenvalue weighted by atomic mass is 9.95. The van der Waals surface area contributed by atoms with Gasteiger partial charge in [-0.2, -0.15) is 0 Å². The Morgan fingerprint density at radius 1 is 1.13 bits per heavy atom. The van der Waals surface area contributed by atoms with Crippen LogP contribution in [0.25, 0.3) is 22.4 Å². The first kappa shape index (κ1) is 18.9. The van der Waals surface area contributed by atoms with E-state index in [1.54, 1.807) is 18.4 Å². The van der Waals surface area contributed by atoms with Crippen molar-refractivity contribution in [2.45, 2.75) is 32.1 Å². The lowest BCUT2D eigenvalue weighted by molar-refractivity contribution is -0.115. The highest BCUT2D eigenvalue weighted by atomic mass is 32.1. The smallest absolute Gasteiger partial charge is 0.229 e. The molecule has 0 aliphatic heterocycles. The SMILES string of the molecule is COc1ccccc1CC(=O)Nc1sc2c(c1-c1nc3ccccc3[nH]1)CCCC2. The van der Waals surface area contributed by atoms with Gasteiger partial charge in [-0.1, -0.05) is 30.3 Å². The fourth-order valence-electron chi connectivity index (χ4n) is 4.17. The van der Waals surface area contributed by atoms with E-state index in [4.69, 9.17) is 9.72 Å². The van der Waals surface area contributed by atoms with Crippen LogP contribution in [-0.4, -0.2) is 23.0 Å². The van der Waals surface area contributed by atoms with Gasteiger partial charge in [0.2, 0.25) is 5.91 Å². The number of benzene rings is 2. The minimum absolute atomic E-state index is 0.0459. The van der Waals surface area contributed by atoms with E-state index in [9.17, 15) is 4.79 Å². The van der Waals surface area contributed by atoms with E-state index in [1.165, 1.54) is 23.3 Å². The summed E-state index contributed by atoms with van der Waals surface area (Å²) in [6.07, 6.45) is 4.73. The number of methoxy groups -OCH3 is 1. The van der Waals surface area contributed by atoms with Gasteiger partial charge < -0.3 is 15.0 Å². The molecule has 5 nitrogen and oxygen atoms in total. The van der Waals surface area contributed by atoms with Gasteiger partial charge in [-0.05, 0) is 49.4 Å². The minimum atomic E-state index is -0.0459. The molecule has 4 aromatic rings. The van der Waals surface area contributed by atoms with Crippen LogP contribution < -0.4 is 10.1 Å². The first-order valence-corrected chi connectivity index (χ1v) is 11.1. The Bertz CT molecular complexity index is 1190. The second-order valence-corrected chi connectivity index (χ2v) is 8.66. The Morgan fingerprint density at radius 2 is 1.93 bits per heavy atom. The lowest BCUT2D eigenvalue weighted by Crippen LogP contribution is -2.14. The summed E-state index contributed by atoms with van der Waals surface area (Å²) in [6.45, 7) is 0. The van der Waals surface area contributed by atoms with Crippen LogP contribution in [0.4, 0.5) is 5.00 Å². The number of fused-ring (bicyclic) bond motifs is 2. The number of thiophene rings is 1. The summed E-state index contributed by atoms with van der Waals surface area (Å²) in [5.41, 5.74) is 5.21. The topological polar surface area (TPSA) is 67.0 Å². The van der Waals surface area contributed by atoms with Crippen molar-refractivity contribution in [3.05, 3.63) is 64.5 Å². The van der Waals surface area contributed by atoms with Crippen molar-refractivity contribution < 1.29 is 9.53 Å². The van der Waals surface area contributed by atoms with Gasteiger partial charge in [-0.25, -0.2) is 4.98 Å². The second kappa shape index (κ2) is 7.95. The molecule has 2 heterocycles. The molecule has 0 unspecified atom stereocenters. The third-order valence-corrected chi connectivity index (χ3v) is 6.80. The molecule has 0 fully saturated rings. The van der Waals surface area contributed by atoms with Gasteiger partial charge in [-0.3, -0.25) is 4.79 Å². The van der Waals surface area contributed by atoms with E-state index in [2.05, 4.69) is 10.3 Å². The van der Waals surface area contributed by atoms with Crippen molar-refractivity contribution >= 4 is 33.3 Å². The molecule has 1 aliphatic carbocycles. The van der Waals surface area contributed by atoms with Crippen molar-refractivity contribution in [3.8, 4) is 17.1 Å². The van der Waals surface area contributed by atoms with E-state index in [0.717, 1.165) is 51.6 Å². The maximum absolute atomic E-state index is 12.9. The number of rotatable bonds is 5.